The van der Waals surface area contributed by atoms with Gasteiger partial charge in [-0.15, -0.1) is 0 Å². The molecule has 0 aromatic carbocycles. The Morgan fingerprint density at radius 1 is 0.917 bits per heavy atom. The van der Waals surface area contributed by atoms with E-state index in [1.165, 1.54) is 89.3 Å². The lowest BCUT2D eigenvalue weighted by Crippen LogP contribution is -2.23. The van der Waals surface area contributed by atoms with Gasteiger partial charge in [-0.25, -0.2) is 9.13 Å². The molecule has 1 heterocycles. The molecular formula is C21H41N2S+. The number of unbranched alkanes of at least 4 members (excludes halogenated alkanes) is 9. The topological polar surface area (TPSA) is 8.81 Å². The van der Waals surface area contributed by atoms with Gasteiger partial charge < -0.3 is 0 Å². The summed E-state index contributed by atoms with van der Waals surface area (Å²) in [6.07, 6.45) is 23.4. The van der Waals surface area contributed by atoms with Crippen molar-refractivity contribution in [3.05, 3.63) is 18.7 Å². The zero-order chi connectivity index (χ0) is 17.5. The van der Waals surface area contributed by atoms with E-state index in [1.807, 2.05) is 0 Å². The molecule has 24 heavy (non-hydrogen) atoms. The first-order chi connectivity index (χ1) is 11.7. The number of thioether (sulfide) groups is 1. The summed E-state index contributed by atoms with van der Waals surface area (Å²) in [6, 6.07) is 0. The van der Waals surface area contributed by atoms with E-state index in [9.17, 15) is 0 Å². The Hall–Kier alpha value is -0.440. The molecule has 0 N–H and O–H groups in total. The zero-order valence-electron chi connectivity index (χ0n) is 16.5. The summed E-state index contributed by atoms with van der Waals surface area (Å²) in [6.45, 7) is 5.88. The van der Waals surface area contributed by atoms with Crippen LogP contribution in [0.25, 0.3) is 0 Å². The largest absolute Gasteiger partial charge is 0.243 e. The summed E-state index contributed by atoms with van der Waals surface area (Å²) in [5.74, 6) is 1.37. The summed E-state index contributed by atoms with van der Waals surface area (Å²) in [5.41, 5.74) is 0. The third kappa shape index (κ3) is 12.0. The average Bonchev–Trinajstić information content (AvgIpc) is 2.98. The van der Waals surface area contributed by atoms with Gasteiger partial charge in [0.05, 0.1) is 13.6 Å². The predicted molar refractivity (Wildman–Crippen MR) is 109 cm³/mol. The van der Waals surface area contributed by atoms with Gasteiger partial charge >= 0.3 is 0 Å². The van der Waals surface area contributed by atoms with Gasteiger partial charge in [0.2, 0.25) is 6.33 Å². The molecule has 0 amide bonds. The van der Waals surface area contributed by atoms with Crippen LogP contribution in [0.4, 0.5) is 0 Å². The van der Waals surface area contributed by atoms with Gasteiger partial charge in [-0.05, 0) is 31.4 Å². The molecule has 0 fully saturated rings. The Morgan fingerprint density at radius 2 is 1.58 bits per heavy atom. The molecule has 1 aromatic heterocycles. The maximum absolute atomic E-state index is 2.42. The van der Waals surface area contributed by atoms with Gasteiger partial charge in [0.15, 0.2) is 0 Å². The number of imidazole rings is 1. The molecule has 1 unspecified atom stereocenters. The third-order valence-electron chi connectivity index (χ3n) is 4.75. The normalized spacial score (nSPS) is 12.6. The van der Waals surface area contributed by atoms with Crippen LogP contribution in [0.15, 0.2) is 18.7 Å². The number of aryl methyl sites for hydroxylation is 2. The molecule has 0 saturated heterocycles. The molecule has 0 aliphatic rings. The first-order valence-corrected chi connectivity index (χ1v) is 11.4. The van der Waals surface area contributed by atoms with Crippen LogP contribution < -0.4 is 4.57 Å². The Balaban J connectivity index is 1.81. The second kappa shape index (κ2) is 14.9. The molecule has 0 bridgehead atoms. The van der Waals surface area contributed by atoms with E-state index in [2.05, 4.69) is 60.5 Å². The molecule has 0 radical (unpaired) electrons. The minimum absolute atomic E-state index is 0.855. The predicted octanol–water partition coefficient (Wildman–Crippen LogP) is 6.14. The highest BCUT2D eigenvalue weighted by molar-refractivity contribution is 7.99. The fourth-order valence-corrected chi connectivity index (χ4v) is 4.25. The molecule has 1 atom stereocenters. The second-order valence-electron chi connectivity index (χ2n) is 7.32. The first kappa shape index (κ1) is 21.6. The van der Waals surface area contributed by atoms with Gasteiger partial charge in [-0.3, -0.25) is 0 Å². The molecule has 1 aromatic rings. The summed E-state index contributed by atoms with van der Waals surface area (Å²) >= 11 is 2.20. The van der Waals surface area contributed by atoms with Crippen LogP contribution in [0.1, 0.15) is 90.9 Å². The van der Waals surface area contributed by atoms with Crippen molar-refractivity contribution in [1.82, 2.24) is 4.57 Å². The van der Waals surface area contributed by atoms with Crippen LogP contribution in [-0.4, -0.2) is 15.6 Å². The van der Waals surface area contributed by atoms with Crippen LogP contribution in [0, 0.1) is 0 Å². The lowest BCUT2D eigenvalue weighted by Gasteiger charge is -2.10. The fourth-order valence-electron chi connectivity index (χ4n) is 3.14. The number of nitrogens with zero attached hydrogens (tertiary/aromatic N) is 2. The monoisotopic (exact) mass is 353 g/mol. The van der Waals surface area contributed by atoms with Crippen molar-refractivity contribution in [2.24, 2.45) is 7.05 Å². The standard InChI is InChI=1S/C21H41N2S/c1-4-5-6-7-8-11-14-19-24-21(2)15-12-9-10-13-16-23-18-17-22(3)20-23/h17-18,20-21H,4-16,19H2,1-3H3/q+1. The van der Waals surface area contributed by atoms with Crippen LogP contribution in [0.5, 0.6) is 0 Å². The summed E-state index contributed by atoms with van der Waals surface area (Å²) < 4.78 is 4.41. The van der Waals surface area contributed by atoms with Gasteiger partial charge in [0, 0.05) is 5.25 Å². The molecule has 0 spiro atoms. The number of hydrogen-bond donors (Lipinski definition) is 0. The summed E-state index contributed by atoms with van der Waals surface area (Å²) in [5, 5.41) is 0.855. The van der Waals surface area contributed by atoms with Gasteiger partial charge in [-0.1, -0.05) is 65.2 Å². The minimum atomic E-state index is 0.855. The summed E-state index contributed by atoms with van der Waals surface area (Å²) in [7, 11) is 2.09. The molecule has 140 valence electrons. The first-order valence-electron chi connectivity index (χ1n) is 10.3. The van der Waals surface area contributed by atoms with Crippen LogP contribution in [0.3, 0.4) is 0 Å². The molecule has 0 aliphatic carbocycles. The van der Waals surface area contributed by atoms with E-state index in [4.69, 9.17) is 0 Å². The van der Waals surface area contributed by atoms with Crippen molar-refractivity contribution in [3.63, 3.8) is 0 Å². The van der Waals surface area contributed by atoms with Gasteiger partial charge in [0.25, 0.3) is 0 Å². The highest BCUT2D eigenvalue weighted by Gasteiger charge is 2.03. The van der Waals surface area contributed by atoms with E-state index < -0.39 is 0 Å². The van der Waals surface area contributed by atoms with Crippen molar-refractivity contribution in [3.8, 4) is 0 Å². The molecule has 3 heteroatoms. The Morgan fingerprint density at radius 3 is 2.29 bits per heavy atom. The number of hydrogen-bond acceptors (Lipinski definition) is 1. The lowest BCUT2D eigenvalue weighted by atomic mass is 10.1. The van der Waals surface area contributed by atoms with Crippen molar-refractivity contribution >= 4 is 11.8 Å². The van der Waals surface area contributed by atoms with Crippen molar-refractivity contribution < 1.29 is 4.57 Å². The molecule has 0 saturated carbocycles. The zero-order valence-corrected chi connectivity index (χ0v) is 17.3. The Bertz CT molecular complexity index is 389. The molecule has 1 rings (SSSR count). The van der Waals surface area contributed by atoms with Crippen LogP contribution in [-0.2, 0) is 13.6 Å². The van der Waals surface area contributed by atoms with Gasteiger partial charge in [0.1, 0.15) is 12.4 Å². The van der Waals surface area contributed by atoms with E-state index in [-0.39, 0.29) is 0 Å². The molecular weight excluding hydrogens is 312 g/mol. The number of rotatable bonds is 16. The van der Waals surface area contributed by atoms with Crippen LogP contribution in [0.2, 0.25) is 0 Å². The highest BCUT2D eigenvalue weighted by Crippen LogP contribution is 2.20. The van der Waals surface area contributed by atoms with Crippen molar-refractivity contribution in [2.75, 3.05) is 5.75 Å². The van der Waals surface area contributed by atoms with E-state index in [0.717, 1.165) is 5.25 Å². The van der Waals surface area contributed by atoms with E-state index in [1.54, 1.807) is 0 Å². The minimum Gasteiger partial charge on any atom is -0.240 e. The highest BCUT2D eigenvalue weighted by atomic mass is 32.2. The lowest BCUT2D eigenvalue weighted by molar-refractivity contribution is -0.671. The van der Waals surface area contributed by atoms with Crippen LogP contribution >= 0.6 is 11.8 Å². The average molecular weight is 354 g/mol. The molecule has 2 nitrogen and oxygen atoms in total. The Kier molecular flexibility index (Phi) is 13.4. The van der Waals surface area contributed by atoms with E-state index >= 15 is 0 Å². The summed E-state index contributed by atoms with van der Waals surface area (Å²) in [4.78, 5) is 0. The van der Waals surface area contributed by atoms with Gasteiger partial charge in [-0.2, -0.15) is 11.8 Å². The van der Waals surface area contributed by atoms with Crippen molar-refractivity contribution in [2.45, 2.75) is 103 Å². The van der Waals surface area contributed by atoms with E-state index in [0.29, 0.717) is 0 Å². The Labute approximate surface area is 155 Å². The number of aromatic nitrogens is 2. The smallest absolute Gasteiger partial charge is 0.240 e. The molecule has 0 aliphatic heterocycles. The fraction of sp³-hybridized carbons (Fsp3) is 0.857. The van der Waals surface area contributed by atoms with Crippen molar-refractivity contribution in [1.29, 1.82) is 0 Å². The third-order valence-corrected chi connectivity index (χ3v) is 6.08. The maximum atomic E-state index is 2.42. The SMILES string of the molecule is CCCCCCCCCSC(C)CCCCCCn1cc[n+](C)c1. The quantitative estimate of drug-likeness (QED) is 0.256. The second-order valence-corrected chi connectivity index (χ2v) is 8.87. The maximum Gasteiger partial charge on any atom is 0.243 e.